The van der Waals surface area contributed by atoms with Gasteiger partial charge in [0, 0.05) is 31.1 Å². The first-order chi connectivity index (χ1) is 9.04. The van der Waals surface area contributed by atoms with E-state index in [0.717, 1.165) is 37.7 Å². The number of Topliss-reactive ketones (excluding diaryl/α,β-unsaturated/α-hetero) is 1. The van der Waals surface area contributed by atoms with Gasteiger partial charge in [0.15, 0.2) is 5.78 Å². The molecule has 1 aromatic rings. The van der Waals surface area contributed by atoms with E-state index in [-0.39, 0.29) is 11.3 Å². The SMILES string of the molecule is CC1CCCN(CCC(=O)c2cc(F)cc(F)c2)C1. The molecule has 0 saturated carbocycles. The number of carbonyl (C=O) groups excluding carboxylic acids is 1. The molecular weight excluding hydrogens is 248 g/mol. The van der Waals surface area contributed by atoms with Gasteiger partial charge in [0.1, 0.15) is 11.6 Å². The predicted octanol–water partition coefficient (Wildman–Crippen LogP) is 3.27. The van der Waals surface area contributed by atoms with Crippen molar-refractivity contribution in [2.75, 3.05) is 19.6 Å². The molecule has 2 nitrogen and oxygen atoms in total. The summed E-state index contributed by atoms with van der Waals surface area (Å²) in [6, 6.07) is 2.98. The second kappa shape index (κ2) is 6.24. The number of hydrogen-bond acceptors (Lipinski definition) is 2. The zero-order valence-electron chi connectivity index (χ0n) is 11.2. The van der Waals surface area contributed by atoms with Crippen LogP contribution in [0.1, 0.15) is 36.5 Å². The lowest BCUT2D eigenvalue weighted by Gasteiger charge is -2.30. The van der Waals surface area contributed by atoms with Crippen LogP contribution >= 0.6 is 0 Å². The van der Waals surface area contributed by atoms with Crippen molar-refractivity contribution in [3.8, 4) is 0 Å². The Hall–Kier alpha value is -1.29. The minimum Gasteiger partial charge on any atom is -0.303 e. The van der Waals surface area contributed by atoms with Gasteiger partial charge < -0.3 is 4.90 Å². The third-order valence-corrected chi connectivity index (χ3v) is 3.58. The average Bonchev–Trinajstić information content (AvgIpc) is 2.35. The fourth-order valence-corrected chi connectivity index (χ4v) is 2.61. The van der Waals surface area contributed by atoms with Gasteiger partial charge in [0.25, 0.3) is 0 Å². The lowest BCUT2D eigenvalue weighted by molar-refractivity contribution is 0.0948. The van der Waals surface area contributed by atoms with E-state index in [1.165, 1.54) is 6.42 Å². The minimum absolute atomic E-state index is 0.127. The summed E-state index contributed by atoms with van der Waals surface area (Å²) in [6.07, 6.45) is 2.71. The van der Waals surface area contributed by atoms with Crippen molar-refractivity contribution in [2.24, 2.45) is 5.92 Å². The van der Waals surface area contributed by atoms with E-state index in [2.05, 4.69) is 11.8 Å². The molecule has 1 fully saturated rings. The highest BCUT2D eigenvalue weighted by Gasteiger charge is 2.17. The number of carbonyl (C=O) groups is 1. The molecule has 0 aromatic heterocycles. The van der Waals surface area contributed by atoms with E-state index < -0.39 is 11.6 Å². The van der Waals surface area contributed by atoms with Crippen LogP contribution in [0.25, 0.3) is 0 Å². The first-order valence-electron chi connectivity index (χ1n) is 6.76. The molecule has 2 rings (SSSR count). The predicted molar refractivity (Wildman–Crippen MR) is 70.1 cm³/mol. The second-order valence-electron chi connectivity index (χ2n) is 5.38. The molecule has 0 spiro atoms. The summed E-state index contributed by atoms with van der Waals surface area (Å²) in [5, 5.41) is 0. The van der Waals surface area contributed by atoms with Gasteiger partial charge >= 0.3 is 0 Å². The van der Waals surface area contributed by atoms with E-state index >= 15 is 0 Å². The Morgan fingerprint density at radius 2 is 2.00 bits per heavy atom. The van der Waals surface area contributed by atoms with Gasteiger partial charge in [-0.2, -0.15) is 0 Å². The van der Waals surface area contributed by atoms with Crippen molar-refractivity contribution in [3.63, 3.8) is 0 Å². The third-order valence-electron chi connectivity index (χ3n) is 3.58. The van der Waals surface area contributed by atoms with Gasteiger partial charge in [-0.05, 0) is 37.4 Å². The van der Waals surface area contributed by atoms with Crippen molar-refractivity contribution in [1.82, 2.24) is 4.90 Å². The number of piperidine rings is 1. The molecule has 1 aliphatic rings. The Balaban J connectivity index is 1.90. The van der Waals surface area contributed by atoms with Gasteiger partial charge in [-0.25, -0.2) is 8.78 Å². The largest absolute Gasteiger partial charge is 0.303 e. The first-order valence-corrected chi connectivity index (χ1v) is 6.76. The molecule has 19 heavy (non-hydrogen) atoms. The summed E-state index contributed by atoms with van der Waals surface area (Å²) >= 11 is 0. The Kier molecular flexibility index (Phi) is 4.64. The molecule has 1 aliphatic heterocycles. The first kappa shape index (κ1) is 14.1. The zero-order valence-corrected chi connectivity index (χ0v) is 11.2. The van der Waals surface area contributed by atoms with Crippen molar-refractivity contribution in [3.05, 3.63) is 35.4 Å². The summed E-state index contributed by atoms with van der Waals surface area (Å²) in [7, 11) is 0. The van der Waals surface area contributed by atoms with Crippen LogP contribution in [0, 0.1) is 17.6 Å². The molecule has 104 valence electrons. The quantitative estimate of drug-likeness (QED) is 0.780. The number of halogens is 2. The highest BCUT2D eigenvalue weighted by Crippen LogP contribution is 2.16. The van der Waals surface area contributed by atoms with Gasteiger partial charge in [0.2, 0.25) is 0 Å². The fraction of sp³-hybridized carbons (Fsp3) is 0.533. The lowest BCUT2D eigenvalue weighted by atomic mass is 9.99. The zero-order chi connectivity index (χ0) is 13.8. The van der Waals surface area contributed by atoms with Crippen LogP contribution < -0.4 is 0 Å². The third kappa shape index (κ3) is 4.10. The van der Waals surface area contributed by atoms with Crippen LogP contribution in [0.3, 0.4) is 0 Å². The highest BCUT2D eigenvalue weighted by molar-refractivity contribution is 5.96. The maximum atomic E-state index is 13.0. The molecule has 0 bridgehead atoms. The van der Waals surface area contributed by atoms with Crippen molar-refractivity contribution in [2.45, 2.75) is 26.2 Å². The van der Waals surface area contributed by atoms with Crippen LogP contribution in [0.15, 0.2) is 18.2 Å². The Morgan fingerprint density at radius 1 is 1.32 bits per heavy atom. The molecule has 0 N–H and O–H groups in total. The van der Waals surface area contributed by atoms with E-state index in [4.69, 9.17) is 0 Å². The smallest absolute Gasteiger partial charge is 0.164 e. The maximum Gasteiger partial charge on any atom is 0.164 e. The Bertz CT molecular complexity index is 441. The van der Waals surface area contributed by atoms with Crippen molar-refractivity contribution in [1.29, 1.82) is 0 Å². The second-order valence-corrected chi connectivity index (χ2v) is 5.38. The lowest BCUT2D eigenvalue weighted by Crippen LogP contribution is -2.35. The molecular formula is C15H19F2NO. The molecule has 1 heterocycles. The van der Waals surface area contributed by atoms with Gasteiger partial charge in [-0.15, -0.1) is 0 Å². The van der Waals surface area contributed by atoms with Gasteiger partial charge in [-0.1, -0.05) is 6.92 Å². The molecule has 4 heteroatoms. The Morgan fingerprint density at radius 3 is 2.63 bits per heavy atom. The van der Waals surface area contributed by atoms with Crippen molar-refractivity contribution < 1.29 is 13.6 Å². The molecule has 1 aromatic carbocycles. The summed E-state index contributed by atoms with van der Waals surface area (Å²) in [5.41, 5.74) is 0.127. The minimum atomic E-state index is -0.699. The molecule has 0 aliphatic carbocycles. The number of benzene rings is 1. The number of nitrogens with zero attached hydrogens (tertiary/aromatic N) is 1. The van der Waals surface area contributed by atoms with Crippen molar-refractivity contribution >= 4 is 5.78 Å². The summed E-state index contributed by atoms with van der Waals surface area (Å²) < 4.78 is 26.1. The topological polar surface area (TPSA) is 20.3 Å². The summed E-state index contributed by atoms with van der Waals surface area (Å²) in [6.45, 7) is 4.89. The van der Waals surface area contributed by atoms with Crippen LogP contribution in [0.2, 0.25) is 0 Å². The van der Waals surface area contributed by atoms with Gasteiger partial charge in [-0.3, -0.25) is 4.79 Å². The van der Waals surface area contributed by atoms with E-state index in [9.17, 15) is 13.6 Å². The normalized spacial score (nSPS) is 20.5. The van der Waals surface area contributed by atoms with Gasteiger partial charge in [0.05, 0.1) is 0 Å². The molecule has 0 radical (unpaired) electrons. The molecule has 1 unspecified atom stereocenters. The Labute approximate surface area is 112 Å². The summed E-state index contributed by atoms with van der Waals surface area (Å²) in [4.78, 5) is 14.2. The molecule has 1 saturated heterocycles. The monoisotopic (exact) mass is 267 g/mol. The van der Waals surface area contributed by atoms with Crippen LogP contribution in [0.5, 0.6) is 0 Å². The van der Waals surface area contributed by atoms with Crippen LogP contribution in [-0.2, 0) is 0 Å². The number of ketones is 1. The highest BCUT2D eigenvalue weighted by atomic mass is 19.1. The fourth-order valence-electron chi connectivity index (χ4n) is 2.61. The number of hydrogen-bond donors (Lipinski definition) is 0. The summed E-state index contributed by atoms with van der Waals surface area (Å²) in [5.74, 6) is -0.933. The molecule has 1 atom stereocenters. The standard InChI is InChI=1S/C15H19F2NO/c1-11-3-2-5-18(10-11)6-4-15(19)12-7-13(16)9-14(17)8-12/h7-9,11H,2-6,10H2,1H3. The van der Waals surface area contributed by atoms with Crippen LogP contribution in [0.4, 0.5) is 8.78 Å². The van der Waals surface area contributed by atoms with E-state index in [1.54, 1.807) is 0 Å². The van der Waals surface area contributed by atoms with E-state index in [0.29, 0.717) is 18.9 Å². The number of rotatable bonds is 4. The molecule has 0 amide bonds. The number of likely N-dealkylation sites (tertiary alicyclic amines) is 1. The maximum absolute atomic E-state index is 13.0. The van der Waals surface area contributed by atoms with Crippen LogP contribution in [-0.4, -0.2) is 30.3 Å². The van der Waals surface area contributed by atoms with E-state index in [1.807, 2.05) is 0 Å². The average molecular weight is 267 g/mol.